The molecule has 1 N–H and O–H groups in total. The van der Waals surface area contributed by atoms with E-state index in [-0.39, 0.29) is 5.41 Å². The predicted octanol–water partition coefficient (Wildman–Crippen LogP) is 4.45. The lowest BCUT2D eigenvalue weighted by molar-refractivity contribution is 0.499. The maximum atomic E-state index is 4.72. The van der Waals surface area contributed by atoms with Crippen molar-refractivity contribution in [2.45, 2.75) is 66.3 Å². The second kappa shape index (κ2) is 6.16. The van der Waals surface area contributed by atoms with Crippen LogP contribution in [0.1, 0.15) is 69.6 Å². The van der Waals surface area contributed by atoms with Gasteiger partial charge in [0, 0.05) is 16.3 Å². The molecule has 0 radical (unpaired) electrons. The van der Waals surface area contributed by atoms with E-state index in [0.29, 0.717) is 6.04 Å². The van der Waals surface area contributed by atoms with Gasteiger partial charge in [-0.3, -0.25) is 0 Å². The lowest BCUT2D eigenvalue weighted by atomic mass is 9.98. The van der Waals surface area contributed by atoms with Gasteiger partial charge in [0.15, 0.2) is 0 Å². The van der Waals surface area contributed by atoms with Gasteiger partial charge in [-0.1, -0.05) is 34.6 Å². The number of hydrogen-bond acceptors (Lipinski definition) is 3. The number of hydrogen-bond donors (Lipinski definition) is 1. The molecule has 1 heterocycles. The Morgan fingerprint density at radius 3 is 2.28 bits per heavy atom. The van der Waals surface area contributed by atoms with E-state index in [1.165, 1.54) is 22.0 Å². The van der Waals surface area contributed by atoms with Crippen molar-refractivity contribution in [3.63, 3.8) is 0 Å². The molecule has 0 saturated carbocycles. The van der Waals surface area contributed by atoms with Crippen LogP contribution >= 0.6 is 11.3 Å². The molecule has 0 fully saturated rings. The molecule has 104 valence electrons. The van der Waals surface area contributed by atoms with Gasteiger partial charge >= 0.3 is 0 Å². The smallest absolute Gasteiger partial charge is 0.0985 e. The molecule has 0 aliphatic heterocycles. The molecule has 1 aromatic rings. The highest BCUT2D eigenvalue weighted by Gasteiger charge is 2.22. The van der Waals surface area contributed by atoms with Gasteiger partial charge in [0.25, 0.3) is 0 Å². The van der Waals surface area contributed by atoms with E-state index in [0.717, 1.165) is 12.5 Å². The summed E-state index contributed by atoms with van der Waals surface area (Å²) in [5.74, 6) is 0.761. The van der Waals surface area contributed by atoms with Crippen LogP contribution in [-0.2, 0) is 5.41 Å². The van der Waals surface area contributed by atoms with Crippen LogP contribution in [0.2, 0.25) is 0 Å². The highest BCUT2D eigenvalue weighted by atomic mass is 32.1. The first kappa shape index (κ1) is 15.6. The zero-order chi connectivity index (χ0) is 13.9. The molecule has 0 aliphatic rings. The first-order chi connectivity index (χ1) is 8.21. The number of rotatable bonds is 5. The minimum Gasteiger partial charge on any atom is -0.309 e. The molecule has 3 heteroatoms. The fraction of sp³-hybridized carbons (Fsp3) is 0.800. The fourth-order valence-corrected chi connectivity index (χ4v) is 2.96. The molecule has 1 aromatic heterocycles. The summed E-state index contributed by atoms with van der Waals surface area (Å²) in [5, 5.41) is 4.85. The summed E-state index contributed by atoms with van der Waals surface area (Å²) in [4.78, 5) is 6.12. The van der Waals surface area contributed by atoms with Crippen LogP contribution < -0.4 is 5.32 Å². The van der Waals surface area contributed by atoms with Crippen molar-refractivity contribution in [2.75, 3.05) is 6.54 Å². The zero-order valence-corrected chi connectivity index (χ0v) is 13.7. The van der Waals surface area contributed by atoms with Gasteiger partial charge in [0.2, 0.25) is 0 Å². The van der Waals surface area contributed by atoms with Crippen molar-refractivity contribution in [3.8, 4) is 0 Å². The van der Waals surface area contributed by atoms with E-state index in [4.69, 9.17) is 4.98 Å². The first-order valence-electron chi connectivity index (χ1n) is 6.93. The molecule has 1 rings (SSSR count). The highest BCUT2D eigenvalue weighted by Crippen LogP contribution is 2.32. The van der Waals surface area contributed by atoms with Crippen molar-refractivity contribution in [1.82, 2.24) is 10.3 Å². The van der Waals surface area contributed by atoms with Crippen molar-refractivity contribution >= 4 is 11.3 Å². The third-order valence-electron chi connectivity index (χ3n) is 3.04. The summed E-state index contributed by atoms with van der Waals surface area (Å²) in [6.07, 6.45) is 1.23. The summed E-state index contributed by atoms with van der Waals surface area (Å²) in [6, 6.07) is 0.414. The molecule has 1 atom stereocenters. The van der Waals surface area contributed by atoms with Crippen LogP contribution in [0.15, 0.2) is 0 Å². The molecule has 2 nitrogen and oxygen atoms in total. The molecule has 0 amide bonds. The lowest BCUT2D eigenvalue weighted by Crippen LogP contribution is -2.20. The van der Waals surface area contributed by atoms with Crippen molar-refractivity contribution in [1.29, 1.82) is 0 Å². The van der Waals surface area contributed by atoms with E-state index in [1.54, 1.807) is 0 Å². The van der Waals surface area contributed by atoms with Gasteiger partial charge in [-0.15, -0.1) is 11.3 Å². The topological polar surface area (TPSA) is 24.9 Å². The molecular formula is C15H28N2S. The Labute approximate surface area is 116 Å². The number of aryl methyl sites for hydroxylation is 1. The van der Waals surface area contributed by atoms with Gasteiger partial charge in [-0.05, 0) is 32.7 Å². The summed E-state index contributed by atoms with van der Waals surface area (Å²) >= 11 is 1.86. The standard InChI is InChI=1S/C15H28N2S/c1-10(2)8-9-16-11(3)13-12(4)17-14(18-13)15(5,6)7/h10-11,16H,8-9H2,1-7H3. The Morgan fingerprint density at radius 1 is 1.22 bits per heavy atom. The van der Waals surface area contributed by atoms with Crippen LogP contribution in [0.4, 0.5) is 0 Å². The summed E-state index contributed by atoms with van der Waals surface area (Å²) in [5.41, 5.74) is 1.35. The van der Waals surface area contributed by atoms with E-state index in [1.807, 2.05) is 11.3 Å². The van der Waals surface area contributed by atoms with Gasteiger partial charge in [0.1, 0.15) is 0 Å². The Kier molecular flexibility index (Phi) is 5.35. The molecule has 18 heavy (non-hydrogen) atoms. The number of nitrogens with zero attached hydrogens (tertiary/aromatic N) is 1. The quantitative estimate of drug-likeness (QED) is 0.853. The van der Waals surface area contributed by atoms with Gasteiger partial charge < -0.3 is 5.32 Å². The fourth-order valence-electron chi connectivity index (χ4n) is 1.81. The van der Waals surface area contributed by atoms with Crippen LogP contribution in [-0.4, -0.2) is 11.5 Å². The van der Waals surface area contributed by atoms with E-state index in [2.05, 4.69) is 53.8 Å². The molecule has 0 spiro atoms. The highest BCUT2D eigenvalue weighted by molar-refractivity contribution is 7.12. The van der Waals surface area contributed by atoms with Crippen molar-refractivity contribution < 1.29 is 0 Å². The normalized spacial score (nSPS) is 14.2. The van der Waals surface area contributed by atoms with Crippen LogP contribution in [0.5, 0.6) is 0 Å². The molecular weight excluding hydrogens is 240 g/mol. The molecule has 0 aromatic carbocycles. The maximum Gasteiger partial charge on any atom is 0.0985 e. The van der Waals surface area contributed by atoms with Crippen LogP contribution in [0, 0.1) is 12.8 Å². The van der Waals surface area contributed by atoms with Gasteiger partial charge in [-0.2, -0.15) is 0 Å². The lowest BCUT2D eigenvalue weighted by Gasteiger charge is -2.15. The number of nitrogens with one attached hydrogen (secondary N) is 1. The van der Waals surface area contributed by atoms with Crippen molar-refractivity contribution in [2.24, 2.45) is 5.92 Å². The zero-order valence-electron chi connectivity index (χ0n) is 12.9. The monoisotopic (exact) mass is 268 g/mol. The van der Waals surface area contributed by atoms with Gasteiger partial charge in [0.05, 0.1) is 10.7 Å². The third kappa shape index (κ3) is 4.36. The minimum atomic E-state index is 0.158. The van der Waals surface area contributed by atoms with Crippen molar-refractivity contribution in [3.05, 3.63) is 15.6 Å². The molecule has 0 saturated heterocycles. The Bertz CT molecular complexity index is 374. The predicted molar refractivity (Wildman–Crippen MR) is 81.4 cm³/mol. The van der Waals surface area contributed by atoms with Crippen LogP contribution in [0.3, 0.4) is 0 Å². The summed E-state index contributed by atoms with van der Waals surface area (Å²) < 4.78 is 0. The van der Waals surface area contributed by atoms with E-state index >= 15 is 0 Å². The third-order valence-corrected chi connectivity index (χ3v) is 4.81. The molecule has 1 unspecified atom stereocenters. The number of aromatic nitrogens is 1. The Hall–Kier alpha value is -0.410. The molecule has 0 aliphatic carbocycles. The second-order valence-corrected chi connectivity index (χ2v) is 7.61. The number of thiazole rings is 1. The summed E-state index contributed by atoms with van der Waals surface area (Å²) in [7, 11) is 0. The first-order valence-corrected chi connectivity index (χ1v) is 7.74. The average molecular weight is 268 g/mol. The second-order valence-electron chi connectivity index (χ2n) is 6.58. The Balaban J connectivity index is 2.68. The summed E-state index contributed by atoms with van der Waals surface area (Å²) in [6.45, 7) is 16.7. The SMILES string of the molecule is Cc1nc(C(C)(C)C)sc1C(C)NCCC(C)C. The maximum absolute atomic E-state index is 4.72. The van der Waals surface area contributed by atoms with E-state index in [9.17, 15) is 0 Å². The largest absolute Gasteiger partial charge is 0.309 e. The minimum absolute atomic E-state index is 0.158. The Morgan fingerprint density at radius 2 is 1.83 bits per heavy atom. The van der Waals surface area contributed by atoms with Gasteiger partial charge in [-0.25, -0.2) is 4.98 Å². The van der Waals surface area contributed by atoms with Crippen LogP contribution in [0.25, 0.3) is 0 Å². The average Bonchev–Trinajstić information content (AvgIpc) is 2.59. The van der Waals surface area contributed by atoms with E-state index < -0.39 is 0 Å². The molecule has 0 bridgehead atoms.